The molecule has 0 saturated carbocycles. The largest absolute Gasteiger partial charge is 0.434 e. The molecule has 0 unspecified atom stereocenters. The zero-order valence-corrected chi connectivity index (χ0v) is 17.0. The van der Waals surface area contributed by atoms with Crippen molar-refractivity contribution in [3.05, 3.63) is 30.2 Å². The Morgan fingerprint density at radius 1 is 1.11 bits per heavy atom. The maximum atomic E-state index is 13.0. The third-order valence-corrected chi connectivity index (χ3v) is 4.39. The van der Waals surface area contributed by atoms with Crippen LogP contribution in [0, 0.1) is 5.92 Å². The van der Waals surface area contributed by atoms with Crippen LogP contribution < -0.4 is 10.6 Å². The summed E-state index contributed by atoms with van der Waals surface area (Å²) in [4.78, 5) is 41.5. The number of nitrogens with one attached hydrogen (secondary N) is 2. The van der Waals surface area contributed by atoms with Crippen molar-refractivity contribution >= 4 is 28.7 Å². The van der Waals surface area contributed by atoms with E-state index in [9.17, 15) is 14.4 Å². The van der Waals surface area contributed by atoms with Gasteiger partial charge in [0.15, 0.2) is 5.58 Å². The molecule has 7 heteroatoms. The van der Waals surface area contributed by atoms with E-state index in [2.05, 4.69) is 15.6 Å². The molecule has 0 radical (unpaired) electrons. The van der Waals surface area contributed by atoms with E-state index in [1.807, 2.05) is 32.9 Å². The molecule has 0 fully saturated rings. The van der Waals surface area contributed by atoms with E-state index in [-0.39, 0.29) is 29.4 Å². The summed E-state index contributed by atoms with van der Waals surface area (Å²) in [5, 5.41) is 5.47. The molecule has 0 aliphatic carbocycles. The third kappa shape index (κ3) is 5.90. The van der Waals surface area contributed by atoms with Gasteiger partial charge in [-0.3, -0.25) is 14.4 Å². The average molecular weight is 387 g/mol. The molecule has 1 aromatic carbocycles. The van der Waals surface area contributed by atoms with Gasteiger partial charge < -0.3 is 15.1 Å². The molecule has 1 heterocycles. The van der Waals surface area contributed by atoms with Gasteiger partial charge in [-0.05, 0) is 30.9 Å². The summed E-state index contributed by atoms with van der Waals surface area (Å²) in [6, 6.07) is 5.71. The van der Waals surface area contributed by atoms with Crippen molar-refractivity contribution in [1.82, 2.24) is 15.6 Å². The lowest BCUT2D eigenvalue weighted by Gasteiger charge is -2.23. The number of carbonyl (C=O) groups is 3. The Balaban J connectivity index is 2.19. The number of hydrogen-bond donors (Lipinski definition) is 2. The summed E-state index contributed by atoms with van der Waals surface area (Å²) < 4.78 is 5.58. The molecule has 2 rings (SSSR count). The van der Waals surface area contributed by atoms with E-state index < -0.39 is 12.1 Å². The molecule has 0 spiro atoms. The molecule has 0 aliphatic rings. The number of para-hydroxylation sites is 2. The van der Waals surface area contributed by atoms with Crippen molar-refractivity contribution < 1.29 is 18.8 Å². The van der Waals surface area contributed by atoms with Crippen LogP contribution in [0.25, 0.3) is 11.1 Å². The number of carbonyl (C=O) groups excluding carboxylic acids is 3. The van der Waals surface area contributed by atoms with E-state index in [1.54, 1.807) is 12.1 Å². The fourth-order valence-corrected chi connectivity index (χ4v) is 3.02. The number of oxazole rings is 1. The van der Waals surface area contributed by atoms with Gasteiger partial charge in [0.2, 0.25) is 17.6 Å². The van der Waals surface area contributed by atoms with Gasteiger partial charge in [0, 0.05) is 6.92 Å². The molecular formula is C21H29N3O4. The standard InChI is InChI=1S/C21H29N3O4/c1-5-6-9-16(23-20(27)17(12-13(2)3)22-14(4)25)19(26)21-24-15-10-7-8-11-18(15)28-21/h7-8,10-11,13,16-17H,5-6,9,12H2,1-4H3,(H,22,25)(H,23,27)/t16-,17-/m0/s1. The number of ketones is 1. The van der Waals surface area contributed by atoms with Gasteiger partial charge >= 0.3 is 0 Å². The second-order valence-electron chi connectivity index (χ2n) is 7.44. The number of amides is 2. The Morgan fingerprint density at radius 3 is 2.43 bits per heavy atom. The Kier molecular flexibility index (Phi) is 7.72. The highest BCUT2D eigenvalue weighted by Gasteiger charge is 2.29. The monoisotopic (exact) mass is 387 g/mol. The zero-order chi connectivity index (χ0) is 20.7. The summed E-state index contributed by atoms with van der Waals surface area (Å²) in [5.41, 5.74) is 1.13. The zero-order valence-electron chi connectivity index (χ0n) is 17.0. The quantitative estimate of drug-likeness (QED) is 0.610. The molecule has 152 valence electrons. The number of unbranched alkanes of at least 4 members (excludes halogenated alkanes) is 1. The first-order chi connectivity index (χ1) is 13.3. The van der Waals surface area contributed by atoms with Gasteiger partial charge in [-0.15, -0.1) is 0 Å². The van der Waals surface area contributed by atoms with Crippen LogP contribution in [-0.2, 0) is 9.59 Å². The molecule has 2 N–H and O–H groups in total. The Bertz CT molecular complexity index is 795. The van der Waals surface area contributed by atoms with Gasteiger partial charge in [-0.2, -0.15) is 0 Å². The number of rotatable bonds is 10. The van der Waals surface area contributed by atoms with Crippen molar-refractivity contribution in [1.29, 1.82) is 0 Å². The van der Waals surface area contributed by atoms with Crippen LogP contribution in [0.3, 0.4) is 0 Å². The lowest BCUT2D eigenvalue weighted by Crippen LogP contribution is -2.51. The maximum Gasteiger partial charge on any atom is 0.266 e. The summed E-state index contributed by atoms with van der Waals surface area (Å²) in [6.07, 6.45) is 2.62. The molecular weight excluding hydrogens is 358 g/mol. The normalized spacial score (nSPS) is 13.3. The third-order valence-electron chi connectivity index (χ3n) is 4.39. The maximum absolute atomic E-state index is 13.0. The summed E-state index contributed by atoms with van der Waals surface area (Å²) in [5.74, 6) is -0.804. The highest BCUT2D eigenvalue weighted by Crippen LogP contribution is 2.17. The summed E-state index contributed by atoms with van der Waals surface area (Å²) >= 11 is 0. The molecule has 1 aromatic heterocycles. The predicted molar refractivity (Wildman–Crippen MR) is 107 cm³/mol. The van der Waals surface area contributed by atoms with Crippen molar-refractivity contribution in [2.75, 3.05) is 0 Å². The van der Waals surface area contributed by atoms with Crippen LogP contribution in [0.1, 0.15) is 64.1 Å². The number of benzene rings is 1. The van der Waals surface area contributed by atoms with Crippen LogP contribution in [0.15, 0.2) is 28.7 Å². The Morgan fingerprint density at radius 2 is 1.82 bits per heavy atom. The number of hydrogen-bond acceptors (Lipinski definition) is 5. The molecule has 2 aromatic rings. The van der Waals surface area contributed by atoms with E-state index >= 15 is 0 Å². The van der Waals surface area contributed by atoms with E-state index in [0.717, 1.165) is 12.8 Å². The summed E-state index contributed by atoms with van der Waals surface area (Å²) in [7, 11) is 0. The van der Waals surface area contributed by atoms with E-state index in [0.29, 0.717) is 23.9 Å². The predicted octanol–water partition coefficient (Wildman–Crippen LogP) is 3.24. The first kappa shape index (κ1) is 21.6. The second kappa shape index (κ2) is 10.0. The minimum absolute atomic E-state index is 0.0115. The van der Waals surface area contributed by atoms with Crippen LogP contribution in [0.4, 0.5) is 0 Å². The van der Waals surface area contributed by atoms with Crippen molar-refractivity contribution in [2.24, 2.45) is 5.92 Å². The van der Waals surface area contributed by atoms with Crippen LogP contribution in [-0.4, -0.2) is 34.7 Å². The van der Waals surface area contributed by atoms with Gasteiger partial charge in [0.25, 0.3) is 5.89 Å². The summed E-state index contributed by atoms with van der Waals surface area (Å²) in [6.45, 7) is 7.33. The topological polar surface area (TPSA) is 101 Å². The van der Waals surface area contributed by atoms with E-state index in [1.165, 1.54) is 6.92 Å². The Labute approximate surface area is 165 Å². The first-order valence-electron chi connectivity index (χ1n) is 9.79. The first-order valence-corrected chi connectivity index (χ1v) is 9.79. The van der Waals surface area contributed by atoms with Crippen LogP contribution in [0.5, 0.6) is 0 Å². The lowest BCUT2D eigenvalue weighted by molar-refractivity contribution is -0.128. The molecule has 0 saturated heterocycles. The number of fused-ring (bicyclic) bond motifs is 1. The SMILES string of the molecule is CCCC[C@H](NC(=O)[C@H](CC(C)C)NC(C)=O)C(=O)c1nc2ccccc2o1. The van der Waals surface area contributed by atoms with Gasteiger partial charge in [0.1, 0.15) is 11.6 Å². The fraction of sp³-hybridized carbons (Fsp3) is 0.524. The molecule has 7 nitrogen and oxygen atoms in total. The highest BCUT2D eigenvalue weighted by molar-refractivity contribution is 6.00. The fourth-order valence-electron chi connectivity index (χ4n) is 3.02. The minimum Gasteiger partial charge on any atom is -0.434 e. The molecule has 0 aliphatic heterocycles. The smallest absolute Gasteiger partial charge is 0.266 e. The second-order valence-corrected chi connectivity index (χ2v) is 7.44. The molecule has 28 heavy (non-hydrogen) atoms. The van der Waals surface area contributed by atoms with Crippen molar-refractivity contribution in [3.63, 3.8) is 0 Å². The Hall–Kier alpha value is -2.70. The van der Waals surface area contributed by atoms with Crippen LogP contribution in [0.2, 0.25) is 0 Å². The van der Waals surface area contributed by atoms with Gasteiger partial charge in [-0.25, -0.2) is 4.98 Å². The van der Waals surface area contributed by atoms with Crippen LogP contribution >= 0.6 is 0 Å². The lowest BCUT2D eigenvalue weighted by atomic mass is 10.0. The van der Waals surface area contributed by atoms with Gasteiger partial charge in [-0.1, -0.05) is 45.7 Å². The van der Waals surface area contributed by atoms with Crippen molar-refractivity contribution in [3.8, 4) is 0 Å². The average Bonchev–Trinajstić information content (AvgIpc) is 3.07. The number of aromatic nitrogens is 1. The highest BCUT2D eigenvalue weighted by atomic mass is 16.4. The minimum atomic E-state index is -0.746. The molecule has 0 bridgehead atoms. The number of nitrogens with zero attached hydrogens (tertiary/aromatic N) is 1. The van der Waals surface area contributed by atoms with Crippen molar-refractivity contribution in [2.45, 2.75) is 65.5 Å². The van der Waals surface area contributed by atoms with E-state index in [4.69, 9.17) is 4.42 Å². The van der Waals surface area contributed by atoms with Gasteiger partial charge in [0.05, 0.1) is 6.04 Å². The number of Topliss-reactive ketones (excluding diaryl/α,β-unsaturated/α-hetero) is 1. The molecule has 2 atom stereocenters. The molecule has 2 amide bonds.